The third-order valence-corrected chi connectivity index (χ3v) is 2.99. The molecule has 2 rings (SSSR count). The molecule has 0 saturated heterocycles. The molecule has 0 aromatic carbocycles. The molecule has 1 N–H and O–H groups in total. The molecule has 0 unspecified atom stereocenters. The minimum atomic E-state index is -0.292. The molecule has 0 spiro atoms. The number of rotatable bonds is 4. The number of amidine groups is 1. The molecule has 2 heterocycles. The number of azo groups is 1. The van der Waals surface area contributed by atoms with Crippen LogP contribution >= 0.6 is 22.7 Å². The van der Waals surface area contributed by atoms with Gasteiger partial charge in [-0.3, -0.25) is 10.2 Å². The summed E-state index contributed by atoms with van der Waals surface area (Å²) < 4.78 is 0. The largest absolute Gasteiger partial charge is 0.291 e. The van der Waals surface area contributed by atoms with Gasteiger partial charge >= 0.3 is 0 Å². The first-order valence-electron chi connectivity index (χ1n) is 4.81. The quantitative estimate of drug-likeness (QED) is 0.403. The summed E-state index contributed by atoms with van der Waals surface area (Å²) >= 11 is 2.69. The van der Waals surface area contributed by atoms with Gasteiger partial charge in [0.2, 0.25) is 21.9 Å². The van der Waals surface area contributed by atoms with Gasteiger partial charge in [0.1, 0.15) is 0 Å². The molecule has 0 aliphatic rings. The Balaban J connectivity index is 2.08. The third kappa shape index (κ3) is 3.50. The SMILES string of the molecule is CC(=O)C(N=Nc1nccs1)=NNc1nccs1. The topological polar surface area (TPSA) is 92.0 Å². The van der Waals surface area contributed by atoms with E-state index in [9.17, 15) is 4.79 Å². The van der Waals surface area contributed by atoms with Crippen molar-refractivity contribution in [2.24, 2.45) is 15.3 Å². The molecule has 9 heteroatoms. The molecular formula is C9H8N6OS2. The van der Waals surface area contributed by atoms with E-state index in [4.69, 9.17) is 0 Å². The zero-order chi connectivity index (χ0) is 12.8. The van der Waals surface area contributed by atoms with Crippen LogP contribution in [0.2, 0.25) is 0 Å². The van der Waals surface area contributed by atoms with E-state index in [0.717, 1.165) is 0 Å². The van der Waals surface area contributed by atoms with E-state index < -0.39 is 0 Å². The van der Waals surface area contributed by atoms with Gasteiger partial charge < -0.3 is 0 Å². The van der Waals surface area contributed by atoms with Crippen molar-refractivity contribution < 1.29 is 4.79 Å². The van der Waals surface area contributed by atoms with E-state index in [1.54, 1.807) is 23.2 Å². The number of hydrogen-bond donors (Lipinski definition) is 1. The van der Waals surface area contributed by atoms with Crippen molar-refractivity contribution in [3.05, 3.63) is 23.2 Å². The monoisotopic (exact) mass is 280 g/mol. The van der Waals surface area contributed by atoms with Crippen LogP contribution in [0.15, 0.2) is 38.5 Å². The Morgan fingerprint density at radius 1 is 1.28 bits per heavy atom. The summed E-state index contributed by atoms with van der Waals surface area (Å²) in [7, 11) is 0. The molecule has 0 saturated carbocycles. The number of carbonyl (C=O) groups excluding carboxylic acids is 1. The number of carbonyl (C=O) groups is 1. The Morgan fingerprint density at radius 3 is 2.67 bits per heavy atom. The Hall–Kier alpha value is -2.00. The van der Waals surface area contributed by atoms with Crippen molar-refractivity contribution >= 4 is 44.6 Å². The number of anilines is 1. The van der Waals surface area contributed by atoms with Gasteiger partial charge in [-0.1, -0.05) is 0 Å². The fourth-order valence-corrected chi connectivity index (χ4v) is 1.83. The van der Waals surface area contributed by atoms with E-state index in [1.165, 1.54) is 29.6 Å². The van der Waals surface area contributed by atoms with Gasteiger partial charge in [-0.25, -0.2) is 9.97 Å². The van der Waals surface area contributed by atoms with Crippen LogP contribution in [0.3, 0.4) is 0 Å². The number of hydrogen-bond acceptors (Lipinski definition) is 8. The summed E-state index contributed by atoms with van der Waals surface area (Å²) in [5.41, 5.74) is 2.64. The third-order valence-electron chi connectivity index (χ3n) is 1.65. The number of thiazole rings is 2. The normalized spacial score (nSPS) is 11.9. The standard InChI is InChI=1S/C9H8N6OS2/c1-6(16)7(12-14-8-10-2-4-17-8)13-15-9-11-3-5-18-9/h2-5H,1H3,(H,10,14). The van der Waals surface area contributed by atoms with Crippen molar-refractivity contribution in [3.8, 4) is 0 Å². The average Bonchev–Trinajstić information content (AvgIpc) is 3.00. The van der Waals surface area contributed by atoms with E-state index >= 15 is 0 Å². The maximum absolute atomic E-state index is 11.3. The summed E-state index contributed by atoms with van der Waals surface area (Å²) in [4.78, 5) is 19.2. The minimum absolute atomic E-state index is 0.0274. The number of ketones is 1. The fraction of sp³-hybridized carbons (Fsp3) is 0.111. The second-order valence-corrected chi connectivity index (χ2v) is 4.72. The molecule has 0 amide bonds. The highest BCUT2D eigenvalue weighted by molar-refractivity contribution is 7.13. The van der Waals surface area contributed by atoms with E-state index in [1.807, 2.05) is 0 Å². The van der Waals surface area contributed by atoms with Crippen LogP contribution in [-0.4, -0.2) is 21.6 Å². The van der Waals surface area contributed by atoms with Crippen LogP contribution in [0.5, 0.6) is 0 Å². The number of nitrogens with one attached hydrogen (secondary N) is 1. The van der Waals surface area contributed by atoms with Gasteiger partial charge in [-0.15, -0.1) is 38.0 Å². The number of aromatic nitrogens is 2. The van der Waals surface area contributed by atoms with Crippen molar-refractivity contribution in [1.82, 2.24) is 9.97 Å². The zero-order valence-electron chi connectivity index (χ0n) is 9.27. The van der Waals surface area contributed by atoms with E-state index in [-0.39, 0.29) is 11.6 Å². The second-order valence-electron chi connectivity index (χ2n) is 2.96. The zero-order valence-corrected chi connectivity index (χ0v) is 10.9. The van der Waals surface area contributed by atoms with Crippen molar-refractivity contribution in [3.63, 3.8) is 0 Å². The van der Waals surface area contributed by atoms with Gasteiger partial charge in [-0.2, -0.15) is 0 Å². The van der Waals surface area contributed by atoms with Crippen molar-refractivity contribution in [2.75, 3.05) is 5.43 Å². The van der Waals surface area contributed by atoms with E-state index in [0.29, 0.717) is 10.3 Å². The predicted octanol–water partition coefficient (Wildman–Crippen LogP) is 2.70. The Morgan fingerprint density at radius 2 is 2.06 bits per heavy atom. The van der Waals surface area contributed by atoms with Crippen LogP contribution < -0.4 is 5.43 Å². The molecular weight excluding hydrogens is 272 g/mol. The molecule has 2 aromatic heterocycles. The molecule has 92 valence electrons. The maximum Gasteiger partial charge on any atom is 0.236 e. The summed E-state index contributed by atoms with van der Waals surface area (Å²) in [5.74, 6) is -0.320. The fourth-order valence-electron chi connectivity index (χ4n) is 0.906. The summed E-state index contributed by atoms with van der Waals surface area (Å²) in [5, 5.41) is 16.0. The summed E-state index contributed by atoms with van der Waals surface area (Å²) in [6.45, 7) is 1.36. The lowest BCUT2D eigenvalue weighted by molar-refractivity contribution is -0.111. The van der Waals surface area contributed by atoms with Gasteiger partial charge in [0.05, 0.1) is 0 Å². The van der Waals surface area contributed by atoms with Crippen LogP contribution in [0.25, 0.3) is 0 Å². The molecule has 0 atom stereocenters. The lowest BCUT2D eigenvalue weighted by Gasteiger charge is -1.95. The Kier molecular flexibility index (Phi) is 4.20. The first-order valence-corrected chi connectivity index (χ1v) is 6.57. The predicted molar refractivity (Wildman–Crippen MR) is 70.5 cm³/mol. The molecule has 0 aliphatic heterocycles. The van der Waals surface area contributed by atoms with Gasteiger partial charge in [-0.05, 0) is 0 Å². The smallest absolute Gasteiger partial charge is 0.236 e. The molecule has 18 heavy (non-hydrogen) atoms. The second kappa shape index (κ2) is 6.07. The Bertz CT molecular complexity index is 560. The maximum atomic E-state index is 11.3. The highest BCUT2D eigenvalue weighted by Gasteiger charge is 2.05. The highest BCUT2D eigenvalue weighted by Crippen LogP contribution is 2.15. The van der Waals surface area contributed by atoms with Crippen LogP contribution in [0, 0.1) is 0 Å². The number of Topliss-reactive ketones (excluding diaryl/α,β-unsaturated/α-hetero) is 1. The van der Waals surface area contributed by atoms with Crippen LogP contribution in [0.1, 0.15) is 6.92 Å². The van der Waals surface area contributed by atoms with E-state index in [2.05, 4.69) is 30.7 Å². The van der Waals surface area contributed by atoms with Crippen LogP contribution in [-0.2, 0) is 4.79 Å². The van der Waals surface area contributed by atoms with Crippen molar-refractivity contribution in [1.29, 1.82) is 0 Å². The highest BCUT2D eigenvalue weighted by atomic mass is 32.1. The molecule has 0 aliphatic carbocycles. The lowest BCUT2D eigenvalue weighted by atomic mass is 10.4. The van der Waals surface area contributed by atoms with Gasteiger partial charge in [0.15, 0.2) is 0 Å². The lowest BCUT2D eigenvalue weighted by Crippen LogP contribution is -2.08. The average molecular weight is 280 g/mol. The summed E-state index contributed by atoms with van der Waals surface area (Å²) in [6, 6.07) is 0. The first-order chi connectivity index (χ1) is 8.75. The number of hydrazone groups is 1. The molecule has 0 radical (unpaired) electrons. The molecule has 2 aromatic rings. The molecule has 0 fully saturated rings. The molecule has 0 bridgehead atoms. The first kappa shape index (κ1) is 12.5. The Labute approximate surface area is 110 Å². The van der Waals surface area contributed by atoms with Crippen LogP contribution in [0.4, 0.5) is 10.3 Å². The van der Waals surface area contributed by atoms with Crippen molar-refractivity contribution in [2.45, 2.75) is 6.92 Å². The van der Waals surface area contributed by atoms with Gasteiger partial charge in [0.25, 0.3) is 0 Å². The number of nitrogens with zero attached hydrogens (tertiary/aromatic N) is 5. The minimum Gasteiger partial charge on any atom is -0.291 e. The summed E-state index contributed by atoms with van der Waals surface area (Å²) in [6.07, 6.45) is 3.24. The molecule has 7 nitrogen and oxygen atoms in total. The van der Waals surface area contributed by atoms with Gasteiger partial charge in [0, 0.05) is 30.1 Å².